The maximum atomic E-state index is 17.6. The van der Waals surface area contributed by atoms with Gasteiger partial charge in [0.15, 0.2) is 0 Å². The van der Waals surface area contributed by atoms with E-state index < -0.39 is 0 Å². The van der Waals surface area contributed by atoms with Crippen molar-refractivity contribution in [2.24, 2.45) is 0 Å². The first-order valence-electron chi connectivity index (χ1n) is 25.6. The van der Waals surface area contributed by atoms with Crippen molar-refractivity contribution >= 4 is 50.9 Å². The zero-order chi connectivity index (χ0) is 50.6. The molecule has 0 atom stereocenters. The number of hydrogen-bond acceptors (Lipinski definition) is 2. The van der Waals surface area contributed by atoms with Crippen LogP contribution in [0.3, 0.4) is 0 Å². The lowest BCUT2D eigenvalue weighted by atomic mass is 9.33. The SMILES string of the molecule is Cc1cc(C)c(B(c2c(C)cc(C)cc2C)c2ccc3c4c(cccc24)Oc2cc(-c4ccc(N(c5ccccc5-c5ccccc5)c5c(F)cc(-c6ccccc6)cc5-c5ccccc5)cc4)ccc2-3)c(C)c1. The Balaban J connectivity index is 0.967. The average Bonchev–Trinajstić information content (AvgIpc) is 3.41. The minimum atomic E-state index is -0.317. The summed E-state index contributed by atoms with van der Waals surface area (Å²) in [5, 5.41) is 2.34. The summed E-state index contributed by atoms with van der Waals surface area (Å²) in [6.45, 7) is 13.5. The number of halogens is 1. The maximum Gasteiger partial charge on any atom is 0.243 e. The quantitative estimate of drug-likeness (QED) is 0.127. The molecule has 11 aromatic rings. The molecular weight excluding hydrogens is 901 g/mol. The van der Waals surface area contributed by atoms with Crippen LogP contribution in [0.2, 0.25) is 0 Å². The Kier molecular flexibility index (Phi) is 11.9. The normalized spacial score (nSPS) is 11.6. The van der Waals surface area contributed by atoms with Gasteiger partial charge < -0.3 is 9.64 Å². The van der Waals surface area contributed by atoms with Gasteiger partial charge in [-0.1, -0.05) is 226 Å². The molecular formula is C70H55BFNO. The number of para-hydroxylation sites is 1. The van der Waals surface area contributed by atoms with Crippen LogP contribution in [0, 0.1) is 47.4 Å². The van der Waals surface area contributed by atoms with E-state index in [4.69, 9.17) is 4.74 Å². The molecule has 0 N–H and O–H groups in total. The lowest BCUT2D eigenvalue weighted by Crippen LogP contribution is -2.56. The van der Waals surface area contributed by atoms with Gasteiger partial charge in [0, 0.05) is 27.8 Å². The van der Waals surface area contributed by atoms with Crippen LogP contribution >= 0.6 is 0 Å². The molecule has 0 unspecified atom stereocenters. The van der Waals surface area contributed by atoms with Crippen molar-refractivity contribution in [3.05, 3.63) is 264 Å². The second-order valence-electron chi connectivity index (χ2n) is 20.1. The van der Waals surface area contributed by atoms with E-state index in [0.717, 1.165) is 78.3 Å². The van der Waals surface area contributed by atoms with Crippen LogP contribution in [0.15, 0.2) is 224 Å². The van der Waals surface area contributed by atoms with Gasteiger partial charge in [0.2, 0.25) is 6.71 Å². The Morgan fingerprint density at radius 2 is 0.905 bits per heavy atom. The van der Waals surface area contributed by atoms with Gasteiger partial charge in [0.1, 0.15) is 17.3 Å². The monoisotopic (exact) mass is 955 g/mol. The number of fused-ring (bicyclic) bond motifs is 2. The minimum absolute atomic E-state index is 0.0325. The zero-order valence-electron chi connectivity index (χ0n) is 42.7. The minimum Gasteiger partial charge on any atom is -0.456 e. The average molecular weight is 956 g/mol. The van der Waals surface area contributed by atoms with Crippen LogP contribution in [-0.2, 0) is 0 Å². The summed E-state index contributed by atoms with van der Waals surface area (Å²) >= 11 is 0. The summed E-state index contributed by atoms with van der Waals surface area (Å²) in [5.74, 6) is 1.36. The highest BCUT2D eigenvalue weighted by Gasteiger charge is 2.32. The number of aryl methyl sites for hydroxylation is 6. The fourth-order valence-electron chi connectivity index (χ4n) is 12.0. The van der Waals surface area contributed by atoms with Crippen molar-refractivity contribution in [2.45, 2.75) is 41.5 Å². The highest BCUT2D eigenvalue weighted by atomic mass is 19.1. The van der Waals surface area contributed by atoms with Gasteiger partial charge in [0.25, 0.3) is 0 Å². The molecule has 1 aliphatic heterocycles. The fraction of sp³-hybridized carbons (Fsp3) is 0.0857. The number of hydrogen-bond donors (Lipinski definition) is 0. The van der Waals surface area contributed by atoms with Gasteiger partial charge in [-0.3, -0.25) is 0 Å². The third kappa shape index (κ3) is 8.27. The largest absolute Gasteiger partial charge is 0.456 e. The molecule has 1 heterocycles. The number of anilines is 3. The van der Waals surface area contributed by atoms with E-state index in [1.54, 1.807) is 6.07 Å². The highest BCUT2D eigenvalue weighted by molar-refractivity contribution is 6.98. The van der Waals surface area contributed by atoms with E-state index in [9.17, 15) is 0 Å². The molecule has 12 rings (SSSR count). The lowest BCUT2D eigenvalue weighted by molar-refractivity contribution is 0.487. The first-order valence-corrected chi connectivity index (χ1v) is 25.6. The van der Waals surface area contributed by atoms with Crippen molar-refractivity contribution in [1.82, 2.24) is 0 Å². The third-order valence-electron chi connectivity index (χ3n) is 15.1. The van der Waals surface area contributed by atoms with Gasteiger partial charge >= 0.3 is 0 Å². The first-order chi connectivity index (χ1) is 36.1. The number of ether oxygens (including phenoxy) is 1. The lowest BCUT2D eigenvalue weighted by Gasteiger charge is -2.31. The third-order valence-corrected chi connectivity index (χ3v) is 15.1. The summed E-state index contributed by atoms with van der Waals surface area (Å²) in [7, 11) is 0. The van der Waals surface area contributed by atoms with Crippen LogP contribution < -0.4 is 26.0 Å². The number of nitrogens with zero attached hydrogens (tertiary/aromatic N) is 1. The molecule has 1 aliphatic rings. The maximum absolute atomic E-state index is 17.6. The first kappa shape index (κ1) is 46.4. The Bertz CT molecular complexity index is 3840. The van der Waals surface area contributed by atoms with E-state index >= 15 is 4.39 Å². The van der Waals surface area contributed by atoms with E-state index in [1.165, 1.54) is 60.7 Å². The molecule has 0 saturated heterocycles. The molecule has 0 amide bonds. The molecule has 2 nitrogen and oxygen atoms in total. The molecule has 0 bridgehead atoms. The topological polar surface area (TPSA) is 12.5 Å². The molecule has 0 fully saturated rings. The van der Waals surface area contributed by atoms with Crippen LogP contribution in [0.1, 0.15) is 33.4 Å². The summed E-state index contributed by atoms with van der Waals surface area (Å²) in [4.78, 5) is 2.09. The molecule has 0 spiro atoms. The van der Waals surface area contributed by atoms with Gasteiger partial charge in [0.05, 0.1) is 11.4 Å². The molecule has 0 radical (unpaired) electrons. The zero-order valence-corrected chi connectivity index (χ0v) is 42.7. The summed E-state index contributed by atoms with van der Waals surface area (Å²) in [5.41, 5.74) is 23.8. The Morgan fingerprint density at radius 1 is 0.378 bits per heavy atom. The second kappa shape index (κ2) is 19.0. The standard InChI is InChI=1S/C70H55BFNO/c1-44-37-46(3)68(47(4)38-44)71(69-48(5)39-45(2)40-49(69)6)62-36-35-59-58-34-31-54(43-66(58)74-65-28-18-26-60(62)67(59)65)51-29-32-56(33-30-51)73(64-27-17-16-25-57(64)52-21-12-8-13-22-52)70-61(53-23-14-9-15-24-53)41-55(42-63(70)72)50-19-10-7-11-20-50/h7-43H,1-6H3. The molecule has 0 saturated carbocycles. The summed E-state index contributed by atoms with van der Waals surface area (Å²) < 4.78 is 24.6. The predicted molar refractivity (Wildman–Crippen MR) is 312 cm³/mol. The van der Waals surface area contributed by atoms with Crippen molar-refractivity contribution in [1.29, 1.82) is 0 Å². The number of rotatable bonds is 10. The molecule has 74 heavy (non-hydrogen) atoms. The smallest absolute Gasteiger partial charge is 0.243 e. The van der Waals surface area contributed by atoms with E-state index in [1.807, 2.05) is 78.9 Å². The Labute approximate surface area is 435 Å². The van der Waals surface area contributed by atoms with Crippen molar-refractivity contribution < 1.29 is 9.13 Å². The van der Waals surface area contributed by atoms with E-state index in [-0.39, 0.29) is 12.5 Å². The Hall–Kier alpha value is -8.73. The number of benzene rings is 11. The van der Waals surface area contributed by atoms with Gasteiger partial charge in [-0.2, -0.15) is 0 Å². The van der Waals surface area contributed by atoms with Crippen molar-refractivity contribution in [2.75, 3.05) is 4.90 Å². The molecule has 0 aromatic heterocycles. The predicted octanol–water partition coefficient (Wildman–Crippen LogP) is 17.3. The second-order valence-corrected chi connectivity index (χ2v) is 20.1. The van der Waals surface area contributed by atoms with Crippen LogP contribution in [0.25, 0.3) is 66.4 Å². The molecule has 4 heteroatoms. The van der Waals surface area contributed by atoms with Crippen molar-refractivity contribution in [3.63, 3.8) is 0 Å². The Morgan fingerprint density at radius 3 is 1.53 bits per heavy atom. The van der Waals surface area contributed by atoms with Gasteiger partial charge in [-0.25, -0.2) is 4.39 Å². The molecule has 11 aromatic carbocycles. The van der Waals surface area contributed by atoms with Crippen molar-refractivity contribution in [3.8, 4) is 67.1 Å². The van der Waals surface area contributed by atoms with Crippen LogP contribution in [0.5, 0.6) is 11.5 Å². The molecule has 0 aliphatic carbocycles. The van der Waals surface area contributed by atoms with E-state index in [2.05, 4.69) is 186 Å². The highest BCUT2D eigenvalue weighted by Crippen LogP contribution is 2.50. The summed E-state index contributed by atoms with van der Waals surface area (Å²) in [6.07, 6.45) is 0. The molecule has 356 valence electrons. The van der Waals surface area contributed by atoms with E-state index in [0.29, 0.717) is 5.69 Å². The van der Waals surface area contributed by atoms with Gasteiger partial charge in [-0.05, 0) is 134 Å². The van der Waals surface area contributed by atoms with Gasteiger partial charge in [-0.15, -0.1) is 0 Å². The van der Waals surface area contributed by atoms with Crippen LogP contribution in [-0.4, -0.2) is 6.71 Å². The van der Waals surface area contributed by atoms with Crippen LogP contribution in [0.4, 0.5) is 21.5 Å². The summed E-state index contributed by atoms with van der Waals surface area (Å²) in [6, 6.07) is 78.2. The fourth-order valence-corrected chi connectivity index (χ4v) is 12.0.